The van der Waals surface area contributed by atoms with Crippen LogP contribution in [0.15, 0.2) is 6.07 Å². The fourth-order valence-corrected chi connectivity index (χ4v) is 3.39. The number of hydrogen-bond acceptors (Lipinski definition) is 2. The highest BCUT2D eigenvalue weighted by atomic mass is 16.4. The number of benzene rings is 1. The van der Waals surface area contributed by atoms with E-state index in [4.69, 9.17) is 0 Å². The molecule has 1 fully saturated rings. The first kappa shape index (κ1) is 14.6. The van der Waals surface area contributed by atoms with Crippen LogP contribution in [0.25, 0.3) is 0 Å². The third kappa shape index (κ3) is 2.55. The van der Waals surface area contributed by atoms with Crippen molar-refractivity contribution in [2.45, 2.75) is 51.9 Å². The third-order valence-corrected chi connectivity index (χ3v) is 4.20. The molecular formula is C16H20O4. The molecule has 1 aliphatic carbocycles. The summed E-state index contributed by atoms with van der Waals surface area (Å²) in [5, 5.41) is 19.0. The number of aromatic carboxylic acids is 2. The van der Waals surface area contributed by atoms with E-state index in [0.717, 1.165) is 32.1 Å². The van der Waals surface area contributed by atoms with Crippen molar-refractivity contribution in [1.29, 1.82) is 0 Å². The minimum Gasteiger partial charge on any atom is -0.478 e. The molecule has 1 aromatic rings. The molecule has 108 valence electrons. The summed E-state index contributed by atoms with van der Waals surface area (Å²) >= 11 is 0. The van der Waals surface area contributed by atoms with Crippen LogP contribution in [-0.2, 0) is 0 Å². The molecule has 0 unspecified atom stereocenters. The first-order chi connectivity index (χ1) is 9.43. The molecule has 0 spiro atoms. The maximum atomic E-state index is 11.6. The van der Waals surface area contributed by atoms with Gasteiger partial charge in [0.15, 0.2) is 0 Å². The number of carboxylic acids is 2. The lowest BCUT2D eigenvalue weighted by Crippen LogP contribution is -2.18. The first-order valence-corrected chi connectivity index (χ1v) is 7.04. The zero-order valence-electron chi connectivity index (χ0n) is 11.9. The van der Waals surface area contributed by atoms with Crippen molar-refractivity contribution in [3.05, 3.63) is 33.9 Å². The highest BCUT2D eigenvalue weighted by Gasteiger charge is 2.29. The largest absolute Gasteiger partial charge is 0.478 e. The quantitative estimate of drug-likeness (QED) is 0.881. The molecule has 0 saturated heterocycles. The van der Waals surface area contributed by atoms with Gasteiger partial charge in [0.1, 0.15) is 0 Å². The Labute approximate surface area is 118 Å². The van der Waals surface area contributed by atoms with E-state index in [9.17, 15) is 19.8 Å². The molecule has 0 heterocycles. The Morgan fingerprint density at radius 1 is 0.950 bits per heavy atom. The van der Waals surface area contributed by atoms with Crippen LogP contribution in [0, 0.1) is 13.8 Å². The molecule has 20 heavy (non-hydrogen) atoms. The summed E-state index contributed by atoms with van der Waals surface area (Å²) in [5.74, 6) is -1.99. The standard InChI is InChI=1S/C16H20O4/c1-9-8-10(2)13(16(19)20)14(12(9)15(17)18)11-6-4-3-5-7-11/h8,11H,3-7H2,1-2H3,(H,17,18)(H,19,20). The van der Waals surface area contributed by atoms with Gasteiger partial charge >= 0.3 is 11.9 Å². The Balaban J connectivity index is 2.70. The van der Waals surface area contributed by atoms with Gasteiger partial charge in [0.05, 0.1) is 11.1 Å². The van der Waals surface area contributed by atoms with E-state index < -0.39 is 11.9 Å². The minimum atomic E-state index is -1.02. The van der Waals surface area contributed by atoms with Crippen LogP contribution in [-0.4, -0.2) is 22.2 Å². The number of carbonyl (C=O) groups is 2. The SMILES string of the molecule is Cc1cc(C)c(C(=O)O)c(C2CCCCC2)c1C(=O)O. The summed E-state index contributed by atoms with van der Waals surface area (Å²) in [6.07, 6.45) is 4.98. The third-order valence-electron chi connectivity index (χ3n) is 4.20. The molecular weight excluding hydrogens is 256 g/mol. The molecule has 0 radical (unpaired) electrons. The molecule has 4 heteroatoms. The Hall–Kier alpha value is -1.84. The number of rotatable bonds is 3. The van der Waals surface area contributed by atoms with Gasteiger partial charge in [-0.25, -0.2) is 9.59 Å². The summed E-state index contributed by atoms with van der Waals surface area (Å²) in [6, 6.07) is 1.67. The van der Waals surface area contributed by atoms with Crippen molar-refractivity contribution in [3.63, 3.8) is 0 Å². The Kier molecular flexibility index (Phi) is 4.12. The molecule has 0 aliphatic heterocycles. The second-order valence-electron chi connectivity index (χ2n) is 5.62. The van der Waals surface area contributed by atoms with Crippen molar-refractivity contribution in [3.8, 4) is 0 Å². The molecule has 4 nitrogen and oxygen atoms in total. The van der Waals surface area contributed by atoms with Gasteiger partial charge in [-0.1, -0.05) is 25.3 Å². The number of hydrogen-bond donors (Lipinski definition) is 2. The van der Waals surface area contributed by atoms with Gasteiger partial charge < -0.3 is 10.2 Å². The van der Waals surface area contributed by atoms with Gasteiger partial charge in [-0.05, 0) is 49.3 Å². The zero-order chi connectivity index (χ0) is 14.9. The molecule has 1 saturated carbocycles. The highest BCUT2D eigenvalue weighted by molar-refractivity contribution is 5.99. The molecule has 0 bridgehead atoms. The van der Waals surface area contributed by atoms with Crippen molar-refractivity contribution < 1.29 is 19.8 Å². The smallest absolute Gasteiger partial charge is 0.336 e. The topological polar surface area (TPSA) is 74.6 Å². The Morgan fingerprint density at radius 2 is 1.40 bits per heavy atom. The van der Waals surface area contributed by atoms with Gasteiger partial charge in [-0.2, -0.15) is 0 Å². The van der Waals surface area contributed by atoms with E-state index in [1.165, 1.54) is 0 Å². The van der Waals surface area contributed by atoms with Gasteiger partial charge in [0.2, 0.25) is 0 Å². The lowest BCUT2D eigenvalue weighted by molar-refractivity contribution is 0.0692. The molecule has 1 aliphatic rings. The summed E-state index contributed by atoms with van der Waals surface area (Å²) < 4.78 is 0. The maximum absolute atomic E-state index is 11.6. The molecule has 2 N–H and O–H groups in total. The van der Waals surface area contributed by atoms with Crippen molar-refractivity contribution in [2.24, 2.45) is 0 Å². The minimum absolute atomic E-state index is 0.0551. The predicted octanol–water partition coefficient (Wildman–Crippen LogP) is 3.75. The van der Waals surface area contributed by atoms with E-state index >= 15 is 0 Å². The van der Waals surface area contributed by atoms with Crippen LogP contribution in [0.1, 0.15) is 75.4 Å². The number of carboxylic acid groups (broad SMARTS) is 2. The maximum Gasteiger partial charge on any atom is 0.336 e. The lowest BCUT2D eigenvalue weighted by Gasteiger charge is -2.26. The average molecular weight is 276 g/mol. The predicted molar refractivity (Wildman–Crippen MR) is 75.7 cm³/mol. The monoisotopic (exact) mass is 276 g/mol. The zero-order valence-corrected chi connectivity index (χ0v) is 11.9. The van der Waals surface area contributed by atoms with Crippen LogP contribution in [0.4, 0.5) is 0 Å². The summed E-state index contributed by atoms with van der Waals surface area (Å²) in [7, 11) is 0. The Bertz CT molecular complexity index is 516. The fourth-order valence-electron chi connectivity index (χ4n) is 3.39. The Morgan fingerprint density at radius 3 is 1.80 bits per heavy atom. The molecule has 2 rings (SSSR count). The van der Waals surface area contributed by atoms with E-state index in [1.54, 1.807) is 19.9 Å². The second-order valence-corrected chi connectivity index (χ2v) is 5.62. The fraction of sp³-hybridized carbons (Fsp3) is 0.500. The van der Waals surface area contributed by atoms with Crippen LogP contribution in [0.2, 0.25) is 0 Å². The van der Waals surface area contributed by atoms with Crippen LogP contribution >= 0.6 is 0 Å². The normalized spacial score (nSPS) is 16.1. The molecule has 0 aromatic heterocycles. The molecule has 1 aromatic carbocycles. The summed E-state index contributed by atoms with van der Waals surface area (Å²) in [5.41, 5.74) is 2.24. The summed E-state index contributed by atoms with van der Waals surface area (Å²) in [4.78, 5) is 23.2. The lowest BCUT2D eigenvalue weighted by atomic mass is 9.77. The number of aryl methyl sites for hydroxylation is 2. The summed E-state index contributed by atoms with van der Waals surface area (Å²) in [6.45, 7) is 3.49. The first-order valence-electron chi connectivity index (χ1n) is 7.04. The molecule has 0 atom stereocenters. The van der Waals surface area contributed by atoms with Crippen molar-refractivity contribution in [1.82, 2.24) is 0 Å². The highest BCUT2D eigenvalue weighted by Crippen LogP contribution is 2.38. The van der Waals surface area contributed by atoms with Gasteiger partial charge in [-0.3, -0.25) is 0 Å². The van der Waals surface area contributed by atoms with Crippen LogP contribution in [0.5, 0.6) is 0 Å². The van der Waals surface area contributed by atoms with Gasteiger partial charge in [0.25, 0.3) is 0 Å². The van der Waals surface area contributed by atoms with E-state index in [0.29, 0.717) is 16.7 Å². The van der Waals surface area contributed by atoms with Crippen molar-refractivity contribution in [2.75, 3.05) is 0 Å². The van der Waals surface area contributed by atoms with Gasteiger partial charge in [0, 0.05) is 0 Å². The van der Waals surface area contributed by atoms with Gasteiger partial charge in [-0.15, -0.1) is 0 Å². The van der Waals surface area contributed by atoms with Crippen LogP contribution in [0.3, 0.4) is 0 Å². The van der Waals surface area contributed by atoms with Crippen molar-refractivity contribution >= 4 is 11.9 Å². The van der Waals surface area contributed by atoms with E-state index in [1.807, 2.05) is 0 Å². The average Bonchev–Trinajstić information content (AvgIpc) is 2.37. The van der Waals surface area contributed by atoms with Crippen LogP contribution < -0.4 is 0 Å². The molecule has 0 amide bonds. The van der Waals surface area contributed by atoms with E-state index in [-0.39, 0.29) is 17.0 Å². The second kappa shape index (κ2) is 5.65. The van der Waals surface area contributed by atoms with E-state index in [2.05, 4.69) is 0 Å².